The van der Waals surface area contributed by atoms with E-state index in [0.29, 0.717) is 0 Å². The molecule has 1 rings (SSSR count). The molecule has 0 amide bonds. The zero-order chi connectivity index (χ0) is 16.0. The van der Waals surface area contributed by atoms with E-state index in [0.717, 1.165) is 22.5 Å². The van der Waals surface area contributed by atoms with Gasteiger partial charge in [-0.15, -0.1) is 0 Å². The Bertz CT molecular complexity index is 565. The van der Waals surface area contributed by atoms with Crippen LogP contribution in [0.15, 0.2) is 42.5 Å². The van der Waals surface area contributed by atoms with Crippen LogP contribution in [0.2, 0.25) is 0 Å². The van der Waals surface area contributed by atoms with E-state index in [1.807, 2.05) is 19.9 Å². The van der Waals surface area contributed by atoms with Crippen molar-refractivity contribution < 1.29 is 9.47 Å². The first kappa shape index (κ1) is 17.3. The van der Waals surface area contributed by atoms with Crippen LogP contribution in [0.25, 0.3) is 5.57 Å². The van der Waals surface area contributed by atoms with Crippen LogP contribution in [0, 0.1) is 13.8 Å². The second kappa shape index (κ2) is 7.84. The lowest BCUT2D eigenvalue weighted by molar-refractivity contribution is 0.157. The van der Waals surface area contributed by atoms with Crippen LogP contribution < -0.4 is 4.74 Å². The zero-order valence-electron chi connectivity index (χ0n) is 14.0. The van der Waals surface area contributed by atoms with Crippen molar-refractivity contribution in [1.82, 2.24) is 0 Å². The molecule has 0 bridgehead atoms. The van der Waals surface area contributed by atoms with Gasteiger partial charge in [-0.05, 0) is 62.1 Å². The average molecular weight is 286 g/mol. The molecular formula is C19H26O2. The Labute approximate surface area is 128 Å². The van der Waals surface area contributed by atoms with E-state index in [9.17, 15) is 0 Å². The molecule has 1 aromatic rings. The summed E-state index contributed by atoms with van der Waals surface area (Å²) >= 11 is 0. The Morgan fingerprint density at radius 2 is 1.86 bits per heavy atom. The van der Waals surface area contributed by atoms with E-state index in [1.165, 1.54) is 11.1 Å². The molecule has 0 saturated carbocycles. The van der Waals surface area contributed by atoms with Crippen LogP contribution in [0.3, 0.4) is 0 Å². The molecule has 1 unspecified atom stereocenters. The maximum Gasteiger partial charge on any atom is 0.122 e. The highest BCUT2D eigenvalue weighted by Crippen LogP contribution is 2.28. The molecule has 0 N–H and O–H groups in total. The molecule has 0 radical (unpaired) electrons. The highest BCUT2D eigenvalue weighted by Gasteiger charge is 2.08. The van der Waals surface area contributed by atoms with Gasteiger partial charge in [0.05, 0.1) is 13.2 Å². The average Bonchev–Trinajstić information content (AvgIpc) is 2.45. The minimum atomic E-state index is 0.0439. The molecule has 1 aromatic carbocycles. The Balaban J connectivity index is 3.35. The Morgan fingerprint density at radius 3 is 2.38 bits per heavy atom. The Kier molecular flexibility index (Phi) is 6.44. The predicted molar refractivity (Wildman–Crippen MR) is 90.9 cm³/mol. The maximum atomic E-state index is 5.47. The Hall–Kier alpha value is -1.80. The first-order valence-corrected chi connectivity index (χ1v) is 7.12. The molecule has 0 heterocycles. The van der Waals surface area contributed by atoms with Gasteiger partial charge >= 0.3 is 0 Å². The highest BCUT2D eigenvalue weighted by atomic mass is 16.5. The van der Waals surface area contributed by atoms with Crippen LogP contribution in [0.1, 0.15) is 30.5 Å². The minimum absolute atomic E-state index is 0.0439. The fourth-order valence-corrected chi connectivity index (χ4v) is 2.01. The predicted octanol–water partition coefficient (Wildman–Crippen LogP) is 4.86. The largest absolute Gasteiger partial charge is 0.496 e. The van der Waals surface area contributed by atoms with E-state index < -0.39 is 0 Å². The zero-order valence-corrected chi connectivity index (χ0v) is 14.0. The van der Waals surface area contributed by atoms with Gasteiger partial charge in [0, 0.05) is 7.11 Å². The molecule has 0 saturated heterocycles. The summed E-state index contributed by atoms with van der Waals surface area (Å²) < 4.78 is 10.8. The molecule has 0 spiro atoms. The molecule has 0 aromatic heterocycles. The molecule has 0 aliphatic carbocycles. The smallest absolute Gasteiger partial charge is 0.122 e. The number of methoxy groups -OCH3 is 2. The summed E-state index contributed by atoms with van der Waals surface area (Å²) in [5.41, 5.74) is 5.63. The summed E-state index contributed by atoms with van der Waals surface area (Å²) in [4.78, 5) is 0. The summed E-state index contributed by atoms with van der Waals surface area (Å²) in [6, 6.07) is 4.24. The monoisotopic (exact) mass is 286 g/mol. The van der Waals surface area contributed by atoms with Gasteiger partial charge in [0.15, 0.2) is 0 Å². The summed E-state index contributed by atoms with van der Waals surface area (Å²) in [5, 5.41) is 0. The van der Waals surface area contributed by atoms with E-state index in [1.54, 1.807) is 14.2 Å². The van der Waals surface area contributed by atoms with Crippen molar-refractivity contribution in [3.8, 4) is 5.75 Å². The van der Waals surface area contributed by atoms with Gasteiger partial charge < -0.3 is 9.47 Å². The van der Waals surface area contributed by atoms with Gasteiger partial charge in [0.1, 0.15) is 5.75 Å². The highest BCUT2D eigenvalue weighted by molar-refractivity contribution is 5.76. The Morgan fingerprint density at radius 1 is 1.19 bits per heavy atom. The van der Waals surface area contributed by atoms with Gasteiger partial charge in [-0.1, -0.05) is 30.4 Å². The van der Waals surface area contributed by atoms with Gasteiger partial charge in [0.2, 0.25) is 0 Å². The third-order valence-corrected chi connectivity index (χ3v) is 3.51. The molecular weight excluding hydrogens is 260 g/mol. The summed E-state index contributed by atoms with van der Waals surface area (Å²) in [6.07, 6.45) is 6.22. The van der Waals surface area contributed by atoms with Crippen molar-refractivity contribution in [2.24, 2.45) is 0 Å². The van der Waals surface area contributed by atoms with Crippen LogP contribution in [0.5, 0.6) is 5.75 Å². The van der Waals surface area contributed by atoms with Crippen molar-refractivity contribution in [2.45, 2.75) is 33.8 Å². The third kappa shape index (κ3) is 4.91. The fraction of sp³-hybridized carbons (Fsp3) is 0.368. The molecule has 114 valence electrons. The standard InChI is InChI=1S/C19H26O2/c1-13(2)8-9-17(11-15(4)20-6)18-10-14(3)16(5)19(12-18)21-7/h8-12,15H,1H2,2-7H3/b9-8-,17-11+. The van der Waals surface area contributed by atoms with Crippen LogP contribution in [-0.2, 0) is 4.74 Å². The van der Waals surface area contributed by atoms with Crippen molar-refractivity contribution in [2.75, 3.05) is 14.2 Å². The number of hydrogen-bond donors (Lipinski definition) is 0. The second-order valence-electron chi connectivity index (χ2n) is 5.36. The summed E-state index contributed by atoms with van der Waals surface area (Å²) in [5.74, 6) is 0.907. The topological polar surface area (TPSA) is 18.5 Å². The maximum absolute atomic E-state index is 5.47. The third-order valence-electron chi connectivity index (χ3n) is 3.51. The lowest BCUT2D eigenvalue weighted by Gasteiger charge is -2.13. The van der Waals surface area contributed by atoms with E-state index >= 15 is 0 Å². The molecule has 0 aliphatic rings. The van der Waals surface area contributed by atoms with Crippen molar-refractivity contribution >= 4 is 5.57 Å². The quantitative estimate of drug-likeness (QED) is 0.695. The van der Waals surface area contributed by atoms with E-state index in [4.69, 9.17) is 9.47 Å². The first-order chi connectivity index (χ1) is 9.88. The molecule has 0 fully saturated rings. The second-order valence-corrected chi connectivity index (χ2v) is 5.36. The van der Waals surface area contributed by atoms with Crippen molar-refractivity contribution in [3.05, 3.63) is 59.2 Å². The van der Waals surface area contributed by atoms with Crippen molar-refractivity contribution in [3.63, 3.8) is 0 Å². The molecule has 2 heteroatoms. The number of hydrogen-bond acceptors (Lipinski definition) is 2. The number of aryl methyl sites for hydroxylation is 1. The number of rotatable bonds is 6. The molecule has 21 heavy (non-hydrogen) atoms. The summed E-state index contributed by atoms with van der Waals surface area (Å²) in [7, 11) is 3.42. The molecule has 2 nitrogen and oxygen atoms in total. The first-order valence-electron chi connectivity index (χ1n) is 7.12. The normalized spacial score (nSPS) is 13.5. The fourth-order valence-electron chi connectivity index (χ4n) is 2.01. The van der Waals surface area contributed by atoms with E-state index in [-0.39, 0.29) is 6.10 Å². The summed E-state index contributed by atoms with van der Waals surface area (Å²) in [6.45, 7) is 12.1. The van der Waals surface area contributed by atoms with Gasteiger partial charge in [-0.25, -0.2) is 0 Å². The van der Waals surface area contributed by atoms with Crippen molar-refractivity contribution in [1.29, 1.82) is 0 Å². The minimum Gasteiger partial charge on any atom is -0.496 e. The lowest BCUT2D eigenvalue weighted by Crippen LogP contribution is -2.01. The van der Waals surface area contributed by atoms with Crippen LogP contribution >= 0.6 is 0 Å². The van der Waals surface area contributed by atoms with Gasteiger partial charge in [-0.2, -0.15) is 0 Å². The lowest BCUT2D eigenvalue weighted by atomic mass is 9.97. The van der Waals surface area contributed by atoms with E-state index in [2.05, 4.69) is 44.7 Å². The van der Waals surface area contributed by atoms with Crippen LogP contribution in [-0.4, -0.2) is 20.3 Å². The molecule has 1 atom stereocenters. The number of allylic oxidation sites excluding steroid dienone is 4. The number of benzene rings is 1. The molecule has 0 aliphatic heterocycles. The van der Waals surface area contributed by atoms with Gasteiger partial charge in [0.25, 0.3) is 0 Å². The SMILES string of the molecule is C=C(C)/C=C\C(=C/C(C)OC)c1cc(C)c(C)c(OC)c1. The van der Waals surface area contributed by atoms with Gasteiger partial charge in [-0.3, -0.25) is 0 Å². The number of ether oxygens (including phenoxy) is 2. The van der Waals surface area contributed by atoms with Crippen LogP contribution in [0.4, 0.5) is 0 Å².